The van der Waals surface area contributed by atoms with Gasteiger partial charge in [-0.15, -0.1) is 0 Å². The second-order valence-corrected chi connectivity index (χ2v) is 6.80. The molecule has 0 amide bonds. The first-order valence-corrected chi connectivity index (χ1v) is 8.86. The highest BCUT2D eigenvalue weighted by Gasteiger charge is 2.54. The molecular weight excluding hydrogens is 475 g/mol. The fraction of sp³-hybridized carbons (Fsp3) is 0.389. The van der Waals surface area contributed by atoms with E-state index in [2.05, 4.69) is 19.8 Å². The second-order valence-electron chi connectivity index (χ2n) is 6.80. The number of nitrogens with zero attached hydrogens (tertiary/aromatic N) is 4. The van der Waals surface area contributed by atoms with Crippen molar-refractivity contribution in [3.8, 4) is 0 Å². The van der Waals surface area contributed by atoms with Crippen molar-refractivity contribution in [3.63, 3.8) is 0 Å². The van der Waals surface area contributed by atoms with Gasteiger partial charge in [-0.3, -0.25) is 4.98 Å². The van der Waals surface area contributed by atoms with Gasteiger partial charge in [0.25, 0.3) is 0 Å². The van der Waals surface area contributed by atoms with Crippen LogP contribution in [0.2, 0.25) is 0 Å². The highest BCUT2D eigenvalue weighted by Crippen LogP contribution is 2.39. The topological polar surface area (TPSA) is 70.8 Å². The quantitative estimate of drug-likeness (QED) is 0.652. The van der Waals surface area contributed by atoms with Crippen LogP contribution < -0.4 is 5.01 Å². The molecule has 0 aromatic carbocycles. The lowest BCUT2D eigenvalue weighted by molar-refractivity contribution is -0.227. The number of aliphatic hydroxyl groups is 1. The van der Waals surface area contributed by atoms with Crippen LogP contribution in [0.5, 0.6) is 0 Å². The van der Waals surface area contributed by atoms with Gasteiger partial charge in [-0.2, -0.15) is 44.6 Å². The normalized spacial score (nSPS) is 20.7. The third kappa shape index (κ3) is 5.03. The summed E-state index contributed by atoms with van der Waals surface area (Å²) in [5.74, 6) is -2.46. The second kappa shape index (κ2) is 8.44. The molecule has 33 heavy (non-hydrogen) atoms. The average Bonchev–Trinajstić information content (AvgIpc) is 3.03. The Labute approximate surface area is 179 Å². The Morgan fingerprint density at radius 1 is 0.879 bits per heavy atom. The van der Waals surface area contributed by atoms with Crippen LogP contribution in [0, 0.1) is 5.92 Å². The van der Waals surface area contributed by atoms with E-state index in [-0.39, 0.29) is 0 Å². The molecule has 1 aliphatic rings. The number of anilines is 1. The number of hydrogen-bond acceptors (Lipinski definition) is 6. The Hall–Kier alpha value is -2.94. The molecule has 2 aromatic rings. The smallest absolute Gasteiger partial charge is 0.371 e. The van der Waals surface area contributed by atoms with Gasteiger partial charge in [0, 0.05) is 19.5 Å². The first-order chi connectivity index (χ1) is 15.1. The number of rotatable bonds is 4. The van der Waals surface area contributed by atoms with Gasteiger partial charge in [0.15, 0.2) is 18.1 Å². The summed E-state index contributed by atoms with van der Waals surface area (Å²) in [6, 6.07) is 2.66. The molecule has 6 nitrogen and oxygen atoms in total. The molecule has 1 aliphatic heterocycles. The molecular formula is C18H13F9N4O2. The summed E-state index contributed by atoms with van der Waals surface area (Å²) < 4.78 is 122. The molecule has 3 unspecified atom stereocenters. The molecule has 0 spiro atoms. The summed E-state index contributed by atoms with van der Waals surface area (Å²) >= 11 is 0. The van der Waals surface area contributed by atoms with Crippen molar-refractivity contribution in [1.29, 1.82) is 0 Å². The number of hydrogen-bond donors (Lipinski definition) is 1. The Bertz CT molecular complexity index is 1000. The number of alkyl halides is 9. The Morgan fingerprint density at radius 2 is 1.42 bits per heavy atom. The molecule has 3 heterocycles. The Morgan fingerprint density at radius 3 is 1.82 bits per heavy atom. The molecule has 180 valence electrons. The SMILES string of the molecule is COC(C1C(c2ccc(C(F)(F)F)cn2)=NN(c2ccc(C(F)(F)F)cn2)C1O)C(F)(F)F. The number of halogens is 9. The number of methoxy groups -OCH3 is 1. The van der Waals surface area contributed by atoms with Crippen LogP contribution in [0.3, 0.4) is 0 Å². The van der Waals surface area contributed by atoms with E-state index < -0.39 is 65.1 Å². The van der Waals surface area contributed by atoms with Crippen molar-refractivity contribution in [2.24, 2.45) is 11.0 Å². The van der Waals surface area contributed by atoms with E-state index in [0.717, 1.165) is 12.1 Å². The molecule has 1 N–H and O–H groups in total. The maximum Gasteiger partial charge on any atom is 0.417 e. The summed E-state index contributed by atoms with van der Waals surface area (Å²) in [6.45, 7) is 0. The number of aliphatic hydroxyl groups excluding tert-OH is 1. The molecule has 2 aromatic heterocycles. The van der Waals surface area contributed by atoms with Crippen LogP contribution in [-0.2, 0) is 17.1 Å². The summed E-state index contributed by atoms with van der Waals surface area (Å²) in [5, 5.41) is 14.9. The number of aromatic nitrogens is 2. The van der Waals surface area contributed by atoms with Crippen molar-refractivity contribution < 1.29 is 49.4 Å². The Kier molecular flexibility index (Phi) is 6.32. The number of hydrazone groups is 1. The standard InChI is InChI=1S/C18H13F9N4O2/c1-33-14(18(25,26)27)12-13(10-4-2-8(6-28-10)16(19,20)21)30-31(15(12)32)11-5-3-9(7-29-11)17(22,23)24/h2-7,12,14-15,32H,1H3. The van der Waals surface area contributed by atoms with Crippen LogP contribution in [0.25, 0.3) is 0 Å². The van der Waals surface area contributed by atoms with E-state index in [9.17, 15) is 44.6 Å². The average molecular weight is 488 g/mol. The maximum atomic E-state index is 13.5. The first-order valence-electron chi connectivity index (χ1n) is 8.86. The molecule has 0 saturated carbocycles. The molecule has 0 bridgehead atoms. The van der Waals surface area contributed by atoms with E-state index in [4.69, 9.17) is 0 Å². The minimum absolute atomic E-state index is 0.371. The Balaban J connectivity index is 2.07. The van der Waals surface area contributed by atoms with Crippen LogP contribution in [0.4, 0.5) is 45.3 Å². The highest BCUT2D eigenvalue weighted by molar-refractivity contribution is 6.03. The minimum atomic E-state index is -5.04. The van der Waals surface area contributed by atoms with Gasteiger partial charge in [0.05, 0.1) is 28.5 Å². The van der Waals surface area contributed by atoms with Gasteiger partial charge in [-0.1, -0.05) is 0 Å². The van der Waals surface area contributed by atoms with Crippen LogP contribution in [-0.4, -0.2) is 46.4 Å². The molecule has 0 radical (unpaired) electrons. The largest absolute Gasteiger partial charge is 0.417 e. The zero-order chi connectivity index (χ0) is 24.8. The van der Waals surface area contributed by atoms with E-state index in [1.54, 1.807) is 0 Å². The van der Waals surface area contributed by atoms with E-state index in [1.807, 2.05) is 0 Å². The van der Waals surface area contributed by atoms with Gasteiger partial charge < -0.3 is 9.84 Å². The predicted octanol–water partition coefficient (Wildman–Crippen LogP) is 4.25. The van der Waals surface area contributed by atoms with Gasteiger partial charge in [-0.25, -0.2) is 9.99 Å². The van der Waals surface area contributed by atoms with Gasteiger partial charge >= 0.3 is 18.5 Å². The van der Waals surface area contributed by atoms with Gasteiger partial charge in [-0.05, 0) is 24.3 Å². The van der Waals surface area contributed by atoms with Crippen molar-refractivity contribution >= 4 is 11.5 Å². The molecule has 15 heteroatoms. The molecule has 3 rings (SSSR count). The van der Waals surface area contributed by atoms with Crippen LogP contribution in [0.15, 0.2) is 41.8 Å². The van der Waals surface area contributed by atoms with Crippen molar-refractivity contribution in [1.82, 2.24) is 9.97 Å². The summed E-state index contributed by atoms with van der Waals surface area (Å²) in [6.07, 6.45) is -18.6. The first kappa shape index (κ1) is 24.7. The minimum Gasteiger partial charge on any atom is -0.371 e. The monoisotopic (exact) mass is 488 g/mol. The maximum absolute atomic E-state index is 13.5. The molecule has 3 atom stereocenters. The van der Waals surface area contributed by atoms with Gasteiger partial charge in [0.1, 0.15) is 0 Å². The van der Waals surface area contributed by atoms with Crippen molar-refractivity contribution in [2.45, 2.75) is 30.9 Å². The van der Waals surface area contributed by atoms with E-state index >= 15 is 0 Å². The van der Waals surface area contributed by atoms with E-state index in [0.29, 0.717) is 36.6 Å². The predicted molar refractivity (Wildman–Crippen MR) is 93.8 cm³/mol. The van der Waals surface area contributed by atoms with Crippen LogP contribution >= 0.6 is 0 Å². The van der Waals surface area contributed by atoms with Gasteiger partial charge in [0.2, 0.25) is 0 Å². The summed E-state index contributed by atoms with van der Waals surface area (Å²) in [4.78, 5) is 6.99. The lowest BCUT2D eigenvalue weighted by Gasteiger charge is -2.29. The lowest BCUT2D eigenvalue weighted by atomic mass is 9.92. The molecule has 0 aliphatic carbocycles. The molecule has 0 saturated heterocycles. The fourth-order valence-corrected chi connectivity index (χ4v) is 3.13. The summed E-state index contributed by atoms with van der Waals surface area (Å²) in [7, 11) is 0.696. The third-order valence-electron chi connectivity index (χ3n) is 4.67. The number of pyridine rings is 2. The fourth-order valence-electron chi connectivity index (χ4n) is 3.13. The molecule has 0 fully saturated rings. The lowest BCUT2D eigenvalue weighted by Crippen LogP contribution is -2.48. The number of ether oxygens (including phenoxy) is 1. The van der Waals surface area contributed by atoms with Crippen molar-refractivity contribution in [2.75, 3.05) is 12.1 Å². The van der Waals surface area contributed by atoms with E-state index in [1.165, 1.54) is 0 Å². The zero-order valence-corrected chi connectivity index (χ0v) is 16.2. The summed E-state index contributed by atoms with van der Waals surface area (Å²) in [5.41, 5.74) is -3.37. The highest BCUT2D eigenvalue weighted by atomic mass is 19.4. The van der Waals surface area contributed by atoms with Crippen LogP contribution in [0.1, 0.15) is 16.8 Å². The van der Waals surface area contributed by atoms with Crippen molar-refractivity contribution in [3.05, 3.63) is 53.5 Å². The zero-order valence-electron chi connectivity index (χ0n) is 16.2. The third-order valence-corrected chi connectivity index (χ3v) is 4.67.